The maximum absolute atomic E-state index is 12.1. The number of anilines is 1. The first-order valence-corrected chi connectivity index (χ1v) is 8.72. The van der Waals surface area contributed by atoms with Crippen LogP contribution in [0.3, 0.4) is 0 Å². The molecule has 5 nitrogen and oxygen atoms in total. The van der Waals surface area contributed by atoms with E-state index >= 15 is 0 Å². The van der Waals surface area contributed by atoms with Crippen molar-refractivity contribution in [3.05, 3.63) is 82.9 Å². The zero-order chi connectivity index (χ0) is 20.1. The van der Waals surface area contributed by atoms with Gasteiger partial charge in [0.1, 0.15) is 12.4 Å². The molecule has 0 radical (unpaired) electrons. The minimum absolute atomic E-state index is 0.239. The number of nitrogens with two attached hydrogens (primary N) is 1. The minimum atomic E-state index is -0.436. The van der Waals surface area contributed by atoms with Crippen LogP contribution in [0.5, 0.6) is 5.75 Å². The Morgan fingerprint density at radius 2 is 1.89 bits per heavy atom. The van der Waals surface area contributed by atoms with E-state index in [-0.39, 0.29) is 6.61 Å². The summed E-state index contributed by atoms with van der Waals surface area (Å²) >= 11 is 0. The van der Waals surface area contributed by atoms with Gasteiger partial charge in [0, 0.05) is 0 Å². The van der Waals surface area contributed by atoms with Crippen molar-refractivity contribution in [2.24, 2.45) is 0 Å². The van der Waals surface area contributed by atoms with Crippen LogP contribution < -0.4 is 10.5 Å². The Hall–Kier alpha value is -3.78. The Morgan fingerprint density at radius 3 is 2.61 bits per heavy atom. The molecular formula is C23H20N2O3. The van der Waals surface area contributed by atoms with Gasteiger partial charge in [-0.05, 0) is 71.6 Å². The van der Waals surface area contributed by atoms with Crippen LogP contribution in [0.1, 0.15) is 27.0 Å². The maximum atomic E-state index is 12.1. The second-order valence-corrected chi connectivity index (χ2v) is 6.43. The van der Waals surface area contributed by atoms with Crippen LogP contribution >= 0.6 is 0 Å². The van der Waals surface area contributed by atoms with E-state index in [2.05, 4.69) is 6.07 Å². The first kappa shape index (κ1) is 19.0. The highest BCUT2D eigenvalue weighted by molar-refractivity contribution is 5.91. The average Bonchev–Trinajstić information content (AvgIpc) is 2.72. The van der Waals surface area contributed by atoms with Crippen molar-refractivity contribution >= 4 is 11.7 Å². The number of ether oxygens (including phenoxy) is 2. The number of benzene rings is 3. The summed E-state index contributed by atoms with van der Waals surface area (Å²) in [6, 6.07) is 20.3. The van der Waals surface area contributed by atoms with Gasteiger partial charge in [-0.3, -0.25) is 0 Å². The number of esters is 1. The van der Waals surface area contributed by atoms with Crippen molar-refractivity contribution in [2.75, 3.05) is 12.8 Å². The van der Waals surface area contributed by atoms with Crippen LogP contribution in [0.15, 0.2) is 60.7 Å². The van der Waals surface area contributed by atoms with Crippen LogP contribution in [0.4, 0.5) is 5.69 Å². The number of carbonyl (C=O) groups excluding carboxylic acids is 1. The largest absolute Gasteiger partial charge is 0.487 e. The summed E-state index contributed by atoms with van der Waals surface area (Å²) in [7, 11) is 1.34. The molecule has 0 fully saturated rings. The van der Waals surface area contributed by atoms with Crippen LogP contribution in [0.2, 0.25) is 0 Å². The summed E-state index contributed by atoms with van der Waals surface area (Å²) in [6.45, 7) is 2.20. The summed E-state index contributed by atoms with van der Waals surface area (Å²) in [5.74, 6) is 0.150. The standard InChI is InChI=1S/C23H20N2O3/c1-15-6-7-22(21(25)8-15)28-14-17-10-19(12-20(11-17)23(26)27-2)18-5-3-4-16(9-18)13-24/h3-12H,14,25H2,1-2H3. The average molecular weight is 372 g/mol. The molecule has 3 aromatic rings. The Morgan fingerprint density at radius 1 is 1.07 bits per heavy atom. The number of nitrogen functional groups attached to an aromatic ring is 1. The monoisotopic (exact) mass is 372 g/mol. The molecule has 0 aromatic heterocycles. The molecule has 0 aliphatic carbocycles. The first-order chi connectivity index (χ1) is 13.5. The Labute approximate surface area is 163 Å². The van der Waals surface area contributed by atoms with Gasteiger partial charge in [0.05, 0.1) is 30.0 Å². The molecule has 0 bridgehead atoms. The number of methoxy groups -OCH3 is 1. The molecule has 0 saturated heterocycles. The molecule has 0 aliphatic heterocycles. The van der Waals surface area contributed by atoms with Crippen LogP contribution in [0, 0.1) is 18.3 Å². The maximum Gasteiger partial charge on any atom is 0.337 e. The Balaban J connectivity index is 1.95. The topological polar surface area (TPSA) is 85.3 Å². The predicted octanol–water partition coefficient (Wildman–Crippen LogP) is 4.48. The third kappa shape index (κ3) is 4.30. The molecule has 0 amide bonds. The molecule has 0 atom stereocenters. The lowest BCUT2D eigenvalue weighted by atomic mass is 9.98. The third-order valence-electron chi connectivity index (χ3n) is 4.30. The first-order valence-electron chi connectivity index (χ1n) is 8.72. The minimum Gasteiger partial charge on any atom is -0.487 e. The Bertz CT molecular complexity index is 1070. The van der Waals surface area contributed by atoms with E-state index in [0.29, 0.717) is 22.6 Å². The normalized spacial score (nSPS) is 10.2. The highest BCUT2D eigenvalue weighted by atomic mass is 16.5. The summed E-state index contributed by atoms with van der Waals surface area (Å²) in [5.41, 5.74) is 11.0. The fourth-order valence-corrected chi connectivity index (χ4v) is 2.91. The molecule has 2 N–H and O–H groups in total. The number of nitrogens with zero attached hydrogens (tertiary/aromatic N) is 1. The van der Waals surface area contributed by atoms with Gasteiger partial charge in [-0.2, -0.15) is 5.26 Å². The van der Waals surface area contributed by atoms with Crippen molar-refractivity contribution < 1.29 is 14.3 Å². The molecule has 28 heavy (non-hydrogen) atoms. The van der Waals surface area contributed by atoms with Gasteiger partial charge in [0.25, 0.3) is 0 Å². The van der Waals surface area contributed by atoms with Crippen molar-refractivity contribution in [3.63, 3.8) is 0 Å². The quantitative estimate of drug-likeness (QED) is 0.527. The van der Waals surface area contributed by atoms with Crippen LogP contribution in [-0.2, 0) is 11.3 Å². The molecule has 3 aromatic carbocycles. The number of carbonyl (C=O) groups is 1. The summed E-state index contributed by atoms with van der Waals surface area (Å²) < 4.78 is 10.7. The molecular weight excluding hydrogens is 352 g/mol. The summed E-state index contributed by atoms with van der Waals surface area (Å²) in [5, 5.41) is 9.14. The van der Waals surface area contributed by atoms with Gasteiger partial charge in [-0.25, -0.2) is 4.79 Å². The van der Waals surface area contributed by atoms with Gasteiger partial charge in [-0.15, -0.1) is 0 Å². The van der Waals surface area contributed by atoms with Gasteiger partial charge < -0.3 is 15.2 Å². The number of aryl methyl sites for hydroxylation is 1. The van der Waals surface area contributed by atoms with E-state index in [4.69, 9.17) is 20.5 Å². The van der Waals surface area contributed by atoms with E-state index < -0.39 is 5.97 Å². The zero-order valence-corrected chi connectivity index (χ0v) is 15.7. The molecule has 5 heteroatoms. The molecule has 0 aliphatic rings. The van der Waals surface area contributed by atoms with E-state index in [1.165, 1.54) is 7.11 Å². The number of rotatable bonds is 5. The van der Waals surface area contributed by atoms with E-state index in [1.54, 1.807) is 24.3 Å². The predicted molar refractivity (Wildman–Crippen MR) is 108 cm³/mol. The van der Waals surface area contributed by atoms with Crippen molar-refractivity contribution in [1.82, 2.24) is 0 Å². The number of nitriles is 1. The molecule has 0 unspecified atom stereocenters. The second-order valence-electron chi connectivity index (χ2n) is 6.43. The van der Waals surface area contributed by atoms with Gasteiger partial charge in [-0.1, -0.05) is 18.2 Å². The van der Waals surface area contributed by atoms with Gasteiger partial charge in [0.15, 0.2) is 0 Å². The highest BCUT2D eigenvalue weighted by Crippen LogP contribution is 2.27. The van der Waals surface area contributed by atoms with Crippen LogP contribution in [0.25, 0.3) is 11.1 Å². The fourth-order valence-electron chi connectivity index (χ4n) is 2.91. The summed E-state index contributed by atoms with van der Waals surface area (Å²) in [6.07, 6.45) is 0. The molecule has 0 saturated carbocycles. The van der Waals surface area contributed by atoms with Crippen molar-refractivity contribution in [1.29, 1.82) is 5.26 Å². The highest BCUT2D eigenvalue weighted by Gasteiger charge is 2.11. The molecule has 140 valence electrons. The second kappa shape index (κ2) is 8.28. The number of hydrogen-bond acceptors (Lipinski definition) is 5. The smallest absolute Gasteiger partial charge is 0.337 e. The molecule has 0 heterocycles. The molecule has 0 spiro atoms. The molecule has 3 rings (SSSR count). The number of hydrogen-bond donors (Lipinski definition) is 1. The van der Waals surface area contributed by atoms with E-state index in [9.17, 15) is 4.79 Å². The lowest BCUT2D eigenvalue weighted by Crippen LogP contribution is -2.05. The Kier molecular flexibility index (Phi) is 5.61. The van der Waals surface area contributed by atoms with Crippen molar-refractivity contribution in [3.8, 4) is 22.9 Å². The zero-order valence-electron chi connectivity index (χ0n) is 15.7. The van der Waals surface area contributed by atoms with Gasteiger partial charge in [0.2, 0.25) is 0 Å². The SMILES string of the molecule is COC(=O)c1cc(COc2ccc(C)cc2N)cc(-c2cccc(C#N)c2)c1. The van der Waals surface area contributed by atoms with Crippen molar-refractivity contribution in [2.45, 2.75) is 13.5 Å². The van der Waals surface area contributed by atoms with E-state index in [0.717, 1.165) is 22.3 Å². The van der Waals surface area contributed by atoms with E-state index in [1.807, 2.05) is 43.3 Å². The summed E-state index contributed by atoms with van der Waals surface area (Å²) in [4.78, 5) is 12.1. The fraction of sp³-hybridized carbons (Fsp3) is 0.130. The lowest BCUT2D eigenvalue weighted by Gasteiger charge is -2.12. The van der Waals surface area contributed by atoms with Crippen LogP contribution in [-0.4, -0.2) is 13.1 Å². The third-order valence-corrected chi connectivity index (χ3v) is 4.30. The lowest BCUT2D eigenvalue weighted by molar-refractivity contribution is 0.0600. The van der Waals surface area contributed by atoms with Gasteiger partial charge >= 0.3 is 5.97 Å².